The molecule has 4 heteroatoms. The Kier molecular flexibility index (Phi) is 6.34. The molecule has 2 amide bonds. The molecule has 2 rings (SSSR count). The Morgan fingerprint density at radius 1 is 0.880 bits per heavy atom. The number of hydrogen-bond donors (Lipinski definition) is 2. The largest absolute Gasteiger partial charge is 0.355 e. The molecule has 132 valence electrons. The van der Waals surface area contributed by atoms with Crippen LogP contribution in [-0.4, -0.2) is 18.4 Å². The molecule has 4 nitrogen and oxygen atoms in total. The number of nitrogens with one attached hydrogen (secondary N) is 2. The second-order valence-electron chi connectivity index (χ2n) is 7.08. The second kappa shape index (κ2) is 8.47. The zero-order chi connectivity index (χ0) is 18.3. The van der Waals surface area contributed by atoms with Crippen molar-refractivity contribution in [3.05, 3.63) is 71.8 Å². The lowest BCUT2D eigenvalue weighted by molar-refractivity contribution is -0.128. The third-order valence-electron chi connectivity index (χ3n) is 3.89. The number of carbonyl (C=O) groups is 2. The van der Waals surface area contributed by atoms with Gasteiger partial charge in [-0.25, -0.2) is 0 Å². The Labute approximate surface area is 149 Å². The minimum atomic E-state index is -0.451. The quantitative estimate of drug-likeness (QED) is 0.847. The first-order valence-electron chi connectivity index (χ1n) is 8.55. The van der Waals surface area contributed by atoms with Gasteiger partial charge in [-0.3, -0.25) is 9.59 Å². The molecule has 0 heterocycles. The lowest BCUT2D eigenvalue weighted by atomic mass is 9.96. The zero-order valence-corrected chi connectivity index (χ0v) is 15.1. The van der Waals surface area contributed by atoms with Crippen LogP contribution in [-0.2, 0) is 9.59 Å². The smallest absolute Gasteiger partial charge is 0.225 e. The molecule has 0 bridgehead atoms. The number of amides is 2. The molecule has 0 saturated heterocycles. The first kappa shape index (κ1) is 18.7. The number of hydrogen-bond acceptors (Lipinski definition) is 2. The Hall–Kier alpha value is -2.62. The molecule has 0 saturated carbocycles. The van der Waals surface area contributed by atoms with Crippen LogP contribution < -0.4 is 10.6 Å². The first-order chi connectivity index (χ1) is 11.9. The summed E-state index contributed by atoms with van der Waals surface area (Å²) in [6, 6.07) is 19.5. The molecular weight excluding hydrogens is 312 g/mol. The third-order valence-corrected chi connectivity index (χ3v) is 3.89. The van der Waals surface area contributed by atoms with Crippen LogP contribution in [0.2, 0.25) is 0 Å². The van der Waals surface area contributed by atoms with E-state index in [0.29, 0.717) is 6.54 Å². The van der Waals surface area contributed by atoms with Crippen LogP contribution >= 0.6 is 0 Å². The van der Waals surface area contributed by atoms with Gasteiger partial charge in [-0.15, -0.1) is 0 Å². The molecule has 0 aromatic heterocycles. The normalized spacial score (nSPS) is 11.2. The van der Waals surface area contributed by atoms with E-state index in [0.717, 1.165) is 11.1 Å². The van der Waals surface area contributed by atoms with Crippen LogP contribution in [0.5, 0.6) is 0 Å². The monoisotopic (exact) mass is 338 g/mol. The fourth-order valence-electron chi connectivity index (χ4n) is 2.44. The zero-order valence-electron chi connectivity index (χ0n) is 15.1. The Morgan fingerprint density at radius 3 is 1.80 bits per heavy atom. The molecule has 0 aliphatic heterocycles. The predicted molar refractivity (Wildman–Crippen MR) is 100.0 cm³/mol. The average molecular weight is 338 g/mol. The maximum Gasteiger partial charge on any atom is 0.225 e. The van der Waals surface area contributed by atoms with E-state index in [9.17, 15) is 9.59 Å². The van der Waals surface area contributed by atoms with Crippen molar-refractivity contribution < 1.29 is 9.59 Å². The first-order valence-corrected chi connectivity index (χ1v) is 8.55. The predicted octanol–water partition coefficient (Wildman–Crippen LogP) is 3.44. The lowest BCUT2D eigenvalue weighted by Crippen LogP contribution is -2.38. The summed E-state index contributed by atoms with van der Waals surface area (Å²) in [7, 11) is 0. The van der Waals surface area contributed by atoms with Gasteiger partial charge in [0.25, 0.3) is 0 Å². The van der Waals surface area contributed by atoms with Gasteiger partial charge in [0.15, 0.2) is 0 Å². The van der Waals surface area contributed by atoms with Crippen molar-refractivity contribution in [2.45, 2.75) is 33.2 Å². The molecule has 0 fully saturated rings. The van der Waals surface area contributed by atoms with Gasteiger partial charge < -0.3 is 10.6 Å². The van der Waals surface area contributed by atoms with Gasteiger partial charge in [0.1, 0.15) is 0 Å². The molecule has 2 N–H and O–H groups in total. The highest BCUT2D eigenvalue weighted by molar-refractivity contribution is 5.82. The van der Waals surface area contributed by atoms with E-state index in [2.05, 4.69) is 10.6 Å². The van der Waals surface area contributed by atoms with Crippen molar-refractivity contribution in [2.24, 2.45) is 5.41 Å². The molecule has 0 spiro atoms. The highest BCUT2D eigenvalue weighted by atomic mass is 16.2. The lowest BCUT2D eigenvalue weighted by Gasteiger charge is -2.21. The maximum absolute atomic E-state index is 12.4. The number of rotatable bonds is 6. The fourth-order valence-corrected chi connectivity index (χ4v) is 2.44. The summed E-state index contributed by atoms with van der Waals surface area (Å²) < 4.78 is 0. The molecule has 2 aromatic rings. The number of benzene rings is 2. The highest BCUT2D eigenvalue weighted by Crippen LogP contribution is 2.21. The topological polar surface area (TPSA) is 58.2 Å². The Bertz CT molecular complexity index is 651. The van der Waals surface area contributed by atoms with Gasteiger partial charge in [-0.2, -0.15) is 0 Å². The average Bonchev–Trinajstić information content (AvgIpc) is 2.60. The van der Waals surface area contributed by atoms with Crippen LogP contribution in [0.15, 0.2) is 60.7 Å². The standard InChI is InChI=1S/C21H26N2O2/c1-21(2,3)20(25)22-15-14-18(24)23-19(16-10-6-4-7-11-16)17-12-8-5-9-13-17/h4-13,19H,14-15H2,1-3H3,(H,22,25)(H,23,24). The Balaban J connectivity index is 2.00. The van der Waals surface area contributed by atoms with Crippen molar-refractivity contribution in [2.75, 3.05) is 6.54 Å². The summed E-state index contributed by atoms with van der Waals surface area (Å²) in [6.45, 7) is 5.88. The minimum Gasteiger partial charge on any atom is -0.355 e. The summed E-state index contributed by atoms with van der Waals surface area (Å²) in [5, 5.41) is 5.88. The van der Waals surface area contributed by atoms with Crippen LogP contribution in [0.1, 0.15) is 44.4 Å². The number of carbonyl (C=O) groups excluding carboxylic acids is 2. The van der Waals surface area contributed by atoms with Crippen LogP contribution in [0.4, 0.5) is 0 Å². The van der Waals surface area contributed by atoms with E-state index < -0.39 is 5.41 Å². The second-order valence-corrected chi connectivity index (χ2v) is 7.08. The molecule has 0 aliphatic rings. The molecule has 25 heavy (non-hydrogen) atoms. The van der Waals surface area contributed by atoms with Crippen LogP contribution in [0, 0.1) is 5.41 Å². The molecular formula is C21H26N2O2. The van der Waals surface area contributed by atoms with E-state index in [-0.39, 0.29) is 24.3 Å². The summed E-state index contributed by atoms with van der Waals surface area (Å²) >= 11 is 0. The van der Waals surface area contributed by atoms with E-state index in [1.807, 2.05) is 81.4 Å². The molecule has 0 unspecified atom stereocenters. The van der Waals surface area contributed by atoms with Gasteiger partial charge in [-0.1, -0.05) is 81.4 Å². The maximum atomic E-state index is 12.4. The molecule has 0 radical (unpaired) electrons. The van der Waals surface area contributed by atoms with Crippen LogP contribution in [0.25, 0.3) is 0 Å². The van der Waals surface area contributed by atoms with Crippen LogP contribution in [0.3, 0.4) is 0 Å². The summed E-state index contributed by atoms with van der Waals surface area (Å²) in [6.07, 6.45) is 0.248. The minimum absolute atomic E-state index is 0.0528. The summed E-state index contributed by atoms with van der Waals surface area (Å²) in [5.74, 6) is -0.144. The fraction of sp³-hybridized carbons (Fsp3) is 0.333. The van der Waals surface area contributed by atoms with Gasteiger partial charge >= 0.3 is 0 Å². The van der Waals surface area contributed by atoms with Crippen molar-refractivity contribution >= 4 is 11.8 Å². The van der Waals surface area contributed by atoms with Crippen molar-refractivity contribution in [3.63, 3.8) is 0 Å². The van der Waals surface area contributed by atoms with E-state index >= 15 is 0 Å². The van der Waals surface area contributed by atoms with Crippen molar-refractivity contribution in [1.29, 1.82) is 0 Å². The van der Waals surface area contributed by atoms with Crippen molar-refractivity contribution in [1.82, 2.24) is 10.6 Å². The van der Waals surface area contributed by atoms with Gasteiger partial charge in [0.05, 0.1) is 6.04 Å². The highest BCUT2D eigenvalue weighted by Gasteiger charge is 2.21. The van der Waals surface area contributed by atoms with E-state index in [1.54, 1.807) is 0 Å². The van der Waals surface area contributed by atoms with Gasteiger partial charge in [0, 0.05) is 18.4 Å². The van der Waals surface area contributed by atoms with E-state index in [1.165, 1.54) is 0 Å². The molecule has 0 atom stereocenters. The summed E-state index contributed by atoms with van der Waals surface area (Å²) in [4.78, 5) is 24.2. The Morgan fingerprint density at radius 2 is 1.36 bits per heavy atom. The van der Waals surface area contributed by atoms with Gasteiger partial charge in [0.2, 0.25) is 11.8 Å². The van der Waals surface area contributed by atoms with Crippen molar-refractivity contribution in [3.8, 4) is 0 Å². The SMILES string of the molecule is CC(C)(C)C(=O)NCCC(=O)NC(c1ccccc1)c1ccccc1. The van der Waals surface area contributed by atoms with Gasteiger partial charge in [-0.05, 0) is 11.1 Å². The summed E-state index contributed by atoms with van der Waals surface area (Å²) in [5.41, 5.74) is 1.61. The molecule has 0 aliphatic carbocycles. The van der Waals surface area contributed by atoms with E-state index in [4.69, 9.17) is 0 Å². The molecule has 2 aromatic carbocycles. The third kappa shape index (κ3) is 5.75.